The molecule has 1 N–H and O–H groups in total. The Bertz CT molecular complexity index is 447. The van der Waals surface area contributed by atoms with Crippen molar-refractivity contribution in [3.05, 3.63) is 27.5 Å². The zero-order valence-electron chi connectivity index (χ0n) is 9.87. The van der Waals surface area contributed by atoms with Gasteiger partial charge in [0.05, 0.1) is 21.3 Å². The van der Waals surface area contributed by atoms with Crippen LogP contribution in [0.25, 0.3) is 0 Å². The molecule has 100 valence electrons. The fraction of sp³-hybridized carbons (Fsp3) is 0.455. The molecule has 0 unspecified atom stereocenters. The Morgan fingerprint density at radius 2 is 1.94 bits per heavy atom. The normalized spacial score (nSPS) is 15.2. The van der Waals surface area contributed by atoms with E-state index in [2.05, 4.69) is 10.3 Å². The number of piperazine rings is 1. The minimum atomic E-state index is -0.106. The lowest BCUT2D eigenvalue weighted by molar-refractivity contribution is 0.0735. The van der Waals surface area contributed by atoms with Crippen LogP contribution in [0.3, 0.4) is 0 Å². The van der Waals surface area contributed by atoms with Gasteiger partial charge in [-0.3, -0.25) is 9.78 Å². The van der Waals surface area contributed by atoms with Gasteiger partial charge < -0.3 is 10.2 Å². The number of hydrogen-bond donors (Lipinski definition) is 1. The van der Waals surface area contributed by atoms with Crippen molar-refractivity contribution in [2.45, 2.75) is 6.92 Å². The highest BCUT2D eigenvalue weighted by molar-refractivity contribution is 6.44. The summed E-state index contributed by atoms with van der Waals surface area (Å²) in [6.45, 7) is 4.72. The van der Waals surface area contributed by atoms with Crippen LogP contribution in [0.5, 0.6) is 0 Å². The van der Waals surface area contributed by atoms with Gasteiger partial charge in [-0.2, -0.15) is 0 Å². The van der Waals surface area contributed by atoms with Gasteiger partial charge >= 0.3 is 0 Å². The first kappa shape index (κ1) is 15.5. The second-order valence-electron chi connectivity index (χ2n) is 3.93. The number of aromatic nitrogens is 1. The summed E-state index contributed by atoms with van der Waals surface area (Å²) in [5.74, 6) is -0.106. The molecule has 18 heavy (non-hydrogen) atoms. The number of nitrogens with zero attached hydrogens (tertiary/aromatic N) is 2. The van der Waals surface area contributed by atoms with Crippen molar-refractivity contribution in [1.82, 2.24) is 15.2 Å². The maximum absolute atomic E-state index is 12.2. The van der Waals surface area contributed by atoms with E-state index in [1.807, 2.05) is 0 Å². The first-order chi connectivity index (χ1) is 8.11. The van der Waals surface area contributed by atoms with Crippen molar-refractivity contribution in [2.75, 3.05) is 26.2 Å². The van der Waals surface area contributed by atoms with Gasteiger partial charge in [-0.25, -0.2) is 0 Å². The zero-order chi connectivity index (χ0) is 12.4. The van der Waals surface area contributed by atoms with Gasteiger partial charge in [0, 0.05) is 32.4 Å². The molecule has 0 radical (unpaired) electrons. The number of amides is 1. The molecule has 1 aromatic rings. The van der Waals surface area contributed by atoms with Crippen molar-refractivity contribution >= 4 is 41.5 Å². The minimum Gasteiger partial charge on any atom is -0.336 e. The van der Waals surface area contributed by atoms with E-state index >= 15 is 0 Å². The SMILES string of the molecule is Cc1ncc(C(=O)N2CCNCC2)c(Cl)c1Cl.Cl. The van der Waals surface area contributed by atoms with Gasteiger partial charge in [0.15, 0.2) is 0 Å². The second-order valence-corrected chi connectivity index (χ2v) is 4.68. The molecule has 1 fully saturated rings. The molecular formula is C11H14Cl3N3O. The molecule has 0 spiro atoms. The number of carbonyl (C=O) groups is 1. The molecule has 1 aliphatic heterocycles. The monoisotopic (exact) mass is 309 g/mol. The number of carbonyl (C=O) groups excluding carboxylic acids is 1. The lowest BCUT2D eigenvalue weighted by Gasteiger charge is -2.27. The Kier molecular flexibility index (Phi) is 5.66. The summed E-state index contributed by atoms with van der Waals surface area (Å²) in [5, 5.41) is 3.84. The van der Waals surface area contributed by atoms with Crippen LogP contribution in [-0.2, 0) is 0 Å². The third-order valence-electron chi connectivity index (χ3n) is 2.77. The third-order valence-corrected chi connectivity index (χ3v) is 3.72. The van der Waals surface area contributed by atoms with Gasteiger partial charge in [0.2, 0.25) is 0 Å². The number of hydrogen-bond acceptors (Lipinski definition) is 3. The highest BCUT2D eigenvalue weighted by Crippen LogP contribution is 2.28. The minimum absolute atomic E-state index is 0. The van der Waals surface area contributed by atoms with E-state index in [1.54, 1.807) is 11.8 Å². The lowest BCUT2D eigenvalue weighted by atomic mass is 10.2. The Balaban J connectivity index is 0.00000162. The van der Waals surface area contributed by atoms with Crippen LogP contribution in [0.4, 0.5) is 0 Å². The molecule has 0 bridgehead atoms. The average Bonchev–Trinajstić information content (AvgIpc) is 2.36. The van der Waals surface area contributed by atoms with E-state index in [1.165, 1.54) is 6.20 Å². The molecule has 1 aliphatic rings. The van der Waals surface area contributed by atoms with Crippen molar-refractivity contribution in [1.29, 1.82) is 0 Å². The molecule has 4 nitrogen and oxygen atoms in total. The zero-order valence-corrected chi connectivity index (χ0v) is 12.2. The molecule has 0 aromatic carbocycles. The Morgan fingerprint density at radius 1 is 1.33 bits per heavy atom. The summed E-state index contributed by atoms with van der Waals surface area (Å²) in [4.78, 5) is 18.0. The molecule has 0 atom stereocenters. The first-order valence-corrected chi connectivity index (χ1v) is 6.17. The standard InChI is InChI=1S/C11H13Cl2N3O.ClH/c1-7-9(12)10(13)8(6-15-7)11(17)16-4-2-14-3-5-16;/h6,14H,2-5H2,1H3;1H. The fourth-order valence-corrected chi connectivity index (χ4v) is 2.16. The van der Waals surface area contributed by atoms with Crippen LogP contribution >= 0.6 is 35.6 Å². The van der Waals surface area contributed by atoms with Crippen LogP contribution in [0.15, 0.2) is 6.20 Å². The number of halogens is 3. The van der Waals surface area contributed by atoms with E-state index in [0.29, 0.717) is 34.4 Å². The molecule has 7 heteroatoms. The van der Waals surface area contributed by atoms with Crippen LogP contribution < -0.4 is 5.32 Å². The van der Waals surface area contributed by atoms with Crippen LogP contribution in [0, 0.1) is 6.92 Å². The Labute approximate surface area is 122 Å². The van der Waals surface area contributed by atoms with Gasteiger partial charge in [-0.05, 0) is 6.92 Å². The summed E-state index contributed by atoms with van der Waals surface area (Å²) in [6, 6.07) is 0. The summed E-state index contributed by atoms with van der Waals surface area (Å²) in [7, 11) is 0. The van der Waals surface area contributed by atoms with Gasteiger partial charge in [0.25, 0.3) is 5.91 Å². The maximum Gasteiger partial charge on any atom is 0.257 e. The quantitative estimate of drug-likeness (QED) is 0.864. The topological polar surface area (TPSA) is 45.2 Å². The van der Waals surface area contributed by atoms with Crippen LogP contribution in [0.2, 0.25) is 10.0 Å². The molecular weight excluding hydrogens is 296 g/mol. The van der Waals surface area contributed by atoms with E-state index in [4.69, 9.17) is 23.2 Å². The lowest BCUT2D eigenvalue weighted by Crippen LogP contribution is -2.46. The number of rotatable bonds is 1. The van der Waals surface area contributed by atoms with Crippen molar-refractivity contribution in [3.63, 3.8) is 0 Å². The molecule has 1 amide bonds. The van der Waals surface area contributed by atoms with Crippen molar-refractivity contribution in [3.8, 4) is 0 Å². The van der Waals surface area contributed by atoms with Gasteiger partial charge in [-0.1, -0.05) is 23.2 Å². The van der Waals surface area contributed by atoms with E-state index < -0.39 is 0 Å². The van der Waals surface area contributed by atoms with E-state index in [9.17, 15) is 4.79 Å². The second kappa shape index (κ2) is 6.57. The predicted molar refractivity (Wildman–Crippen MR) is 75.0 cm³/mol. The largest absolute Gasteiger partial charge is 0.336 e. The van der Waals surface area contributed by atoms with Gasteiger partial charge in [-0.15, -0.1) is 12.4 Å². The van der Waals surface area contributed by atoms with E-state index in [-0.39, 0.29) is 18.3 Å². The Morgan fingerprint density at radius 3 is 2.56 bits per heavy atom. The van der Waals surface area contributed by atoms with Crippen molar-refractivity contribution in [2.24, 2.45) is 0 Å². The smallest absolute Gasteiger partial charge is 0.257 e. The Hall–Kier alpha value is -0.550. The van der Waals surface area contributed by atoms with E-state index in [0.717, 1.165) is 13.1 Å². The highest BCUT2D eigenvalue weighted by Gasteiger charge is 2.22. The van der Waals surface area contributed by atoms with Crippen molar-refractivity contribution < 1.29 is 4.79 Å². The maximum atomic E-state index is 12.2. The van der Waals surface area contributed by atoms with Crippen LogP contribution in [-0.4, -0.2) is 42.0 Å². The third kappa shape index (κ3) is 3.06. The predicted octanol–water partition coefficient (Wildman–Crippen LogP) is 2.16. The average molecular weight is 311 g/mol. The van der Waals surface area contributed by atoms with Crippen LogP contribution in [0.1, 0.15) is 16.1 Å². The molecule has 1 aromatic heterocycles. The summed E-state index contributed by atoms with van der Waals surface area (Å²) in [5.41, 5.74) is 1.01. The molecule has 0 aliphatic carbocycles. The summed E-state index contributed by atoms with van der Waals surface area (Å²) in [6.07, 6.45) is 1.49. The first-order valence-electron chi connectivity index (χ1n) is 5.42. The molecule has 0 saturated carbocycles. The summed E-state index contributed by atoms with van der Waals surface area (Å²) >= 11 is 12.1. The highest BCUT2D eigenvalue weighted by atomic mass is 35.5. The molecule has 2 rings (SSSR count). The summed E-state index contributed by atoms with van der Waals surface area (Å²) < 4.78 is 0. The number of nitrogens with one attached hydrogen (secondary N) is 1. The number of pyridine rings is 1. The number of aryl methyl sites for hydroxylation is 1. The van der Waals surface area contributed by atoms with Gasteiger partial charge in [0.1, 0.15) is 0 Å². The molecule has 1 saturated heterocycles. The molecule has 2 heterocycles. The fourth-order valence-electron chi connectivity index (χ4n) is 1.74.